The summed E-state index contributed by atoms with van der Waals surface area (Å²) >= 11 is 0. The molecule has 128 valence electrons. The predicted molar refractivity (Wildman–Crippen MR) is 80.9 cm³/mol. The molecule has 1 aliphatic rings. The van der Waals surface area contributed by atoms with Crippen LogP contribution in [-0.4, -0.2) is 61.1 Å². The second-order valence-electron chi connectivity index (χ2n) is 5.16. The minimum Gasteiger partial charge on any atom is -0.483 e. The van der Waals surface area contributed by atoms with Gasteiger partial charge >= 0.3 is 5.97 Å². The number of carbonyl (C=O) groups is 3. The molecule has 8 nitrogen and oxygen atoms in total. The fourth-order valence-corrected chi connectivity index (χ4v) is 2.56. The molecule has 23 heavy (non-hydrogen) atoms. The van der Waals surface area contributed by atoms with E-state index in [9.17, 15) is 9.59 Å². The molecule has 1 aliphatic heterocycles. The average molecular weight is 326 g/mol. The molecule has 0 aliphatic carbocycles. The minimum atomic E-state index is -0.250. The summed E-state index contributed by atoms with van der Waals surface area (Å²) in [4.78, 5) is 33.6. The number of hydrogen-bond acceptors (Lipinski definition) is 6. The first kappa shape index (κ1) is 18.7. The molecule has 0 saturated carbocycles. The molecular formula is C15H22N2O6. The summed E-state index contributed by atoms with van der Waals surface area (Å²) in [5.41, 5.74) is 0.525. The molecule has 2 atom stereocenters. The monoisotopic (exact) mass is 326 g/mol. The largest absolute Gasteiger partial charge is 0.483 e. The van der Waals surface area contributed by atoms with Crippen molar-refractivity contribution in [2.75, 3.05) is 20.7 Å². The van der Waals surface area contributed by atoms with Gasteiger partial charge in [-0.25, -0.2) is 0 Å². The van der Waals surface area contributed by atoms with E-state index in [1.54, 1.807) is 6.07 Å². The number of esters is 1. The van der Waals surface area contributed by atoms with Crippen LogP contribution in [0.25, 0.3) is 0 Å². The van der Waals surface area contributed by atoms with Crippen LogP contribution in [0.5, 0.6) is 0 Å². The van der Waals surface area contributed by atoms with Gasteiger partial charge in [0.05, 0.1) is 25.4 Å². The van der Waals surface area contributed by atoms with Crippen LogP contribution < -0.4 is 5.32 Å². The highest BCUT2D eigenvalue weighted by Crippen LogP contribution is 2.24. The van der Waals surface area contributed by atoms with Crippen LogP contribution in [0.2, 0.25) is 0 Å². The van der Waals surface area contributed by atoms with Crippen LogP contribution in [0, 0.1) is 0 Å². The van der Waals surface area contributed by atoms with E-state index in [4.69, 9.17) is 19.1 Å². The number of rotatable bonds is 5. The summed E-state index contributed by atoms with van der Waals surface area (Å²) in [7, 11) is 3.38. The highest BCUT2D eigenvalue weighted by molar-refractivity contribution is 5.93. The fourth-order valence-electron chi connectivity index (χ4n) is 2.56. The van der Waals surface area contributed by atoms with E-state index in [2.05, 4.69) is 10.2 Å². The molecule has 8 heteroatoms. The molecule has 0 aromatic carbocycles. The second kappa shape index (κ2) is 9.62. The van der Waals surface area contributed by atoms with Crippen molar-refractivity contribution in [3.05, 3.63) is 24.2 Å². The molecule has 2 N–H and O–H groups in total. The molecule has 0 spiro atoms. The third kappa shape index (κ3) is 5.74. The Morgan fingerprint density at radius 1 is 1.48 bits per heavy atom. The van der Waals surface area contributed by atoms with Crippen molar-refractivity contribution in [1.29, 1.82) is 0 Å². The number of nitrogens with one attached hydrogen (secondary N) is 1. The van der Waals surface area contributed by atoms with Crippen LogP contribution in [0.3, 0.4) is 0 Å². The zero-order valence-corrected chi connectivity index (χ0v) is 13.2. The number of methoxy groups -OCH3 is 1. The zero-order valence-electron chi connectivity index (χ0n) is 13.2. The number of amides is 1. The Balaban J connectivity index is 0.000000816. The Kier molecular flexibility index (Phi) is 7.82. The van der Waals surface area contributed by atoms with Crippen molar-refractivity contribution in [3.63, 3.8) is 0 Å². The maximum atomic E-state index is 11.8. The summed E-state index contributed by atoms with van der Waals surface area (Å²) in [5.74, 6) is -0.325. The van der Waals surface area contributed by atoms with Crippen molar-refractivity contribution in [2.45, 2.75) is 31.3 Å². The first-order chi connectivity index (χ1) is 11.0. The van der Waals surface area contributed by atoms with Crippen molar-refractivity contribution >= 4 is 18.3 Å². The number of ether oxygens (including phenoxy) is 1. The van der Waals surface area contributed by atoms with E-state index in [1.807, 2.05) is 7.05 Å². The normalized spacial score (nSPS) is 20.3. The van der Waals surface area contributed by atoms with Gasteiger partial charge in [-0.1, -0.05) is 0 Å². The summed E-state index contributed by atoms with van der Waals surface area (Å²) in [6, 6.07) is 2.08. The number of carboxylic acid groups (broad SMARTS) is 1. The summed E-state index contributed by atoms with van der Waals surface area (Å²) in [5, 5.41) is 9.78. The van der Waals surface area contributed by atoms with E-state index >= 15 is 0 Å². The molecule has 2 rings (SSSR count). The Hall–Kier alpha value is -2.35. The maximum absolute atomic E-state index is 11.8. The Labute approximate surface area is 134 Å². The molecule has 2 heterocycles. The molecule has 1 aromatic rings. The molecule has 0 unspecified atom stereocenters. The van der Waals surface area contributed by atoms with Gasteiger partial charge < -0.3 is 19.6 Å². The number of furan rings is 1. The van der Waals surface area contributed by atoms with Crippen LogP contribution in [0.4, 0.5) is 0 Å². The Bertz CT molecular complexity index is 502. The highest BCUT2D eigenvalue weighted by Gasteiger charge is 2.32. The minimum absolute atomic E-state index is 0.136. The van der Waals surface area contributed by atoms with Crippen LogP contribution in [-0.2, 0) is 14.3 Å². The van der Waals surface area contributed by atoms with Crippen LogP contribution in [0.1, 0.15) is 29.6 Å². The van der Waals surface area contributed by atoms with Crippen LogP contribution >= 0.6 is 0 Å². The summed E-state index contributed by atoms with van der Waals surface area (Å²) in [6.07, 6.45) is 5.21. The average Bonchev–Trinajstić information content (AvgIpc) is 3.17. The van der Waals surface area contributed by atoms with Crippen molar-refractivity contribution in [2.24, 2.45) is 0 Å². The number of hydrogen-bond donors (Lipinski definition) is 2. The predicted octanol–water partition coefficient (Wildman–Crippen LogP) is 0.736. The smallest absolute Gasteiger partial charge is 0.307 e. The van der Waals surface area contributed by atoms with Gasteiger partial charge in [-0.15, -0.1) is 0 Å². The first-order valence-electron chi connectivity index (χ1n) is 7.20. The molecular weight excluding hydrogens is 304 g/mol. The van der Waals surface area contributed by atoms with Gasteiger partial charge in [0.1, 0.15) is 6.26 Å². The van der Waals surface area contributed by atoms with Gasteiger partial charge in [0.15, 0.2) is 0 Å². The lowest BCUT2D eigenvalue weighted by molar-refractivity contribution is -0.141. The SMILES string of the molecule is COC(=O)C[C@H]1CC[C@@H](CNC(=O)c2ccoc2)N1C.O=CO. The number of nitrogens with zero attached hydrogens (tertiary/aromatic N) is 1. The van der Waals surface area contributed by atoms with Gasteiger partial charge in [-0.05, 0) is 26.0 Å². The van der Waals surface area contributed by atoms with Crippen molar-refractivity contribution in [3.8, 4) is 0 Å². The molecule has 1 saturated heterocycles. The van der Waals surface area contributed by atoms with E-state index in [1.165, 1.54) is 19.6 Å². The quantitative estimate of drug-likeness (QED) is 0.606. The Morgan fingerprint density at radius 3 is 2.70 bits per heavy atom. The number of likely N-dealkylation sites (N-methyl/N-ethyl adjacent to an activating group) is 1. The standard InChI is InChI=1S/C14H20N2O4.CH2O2/c1-16-11(7-13(17)19-2)3-4-12(16)8-15-14(18)10-5-6-20-9-10;2-1-3/h5-6,9,11-12H,3-4,7-8H2,1-2H3,(H,15,18);1H,(H,2,3)/t11-,12+;/m1./s1. The van der Waals surface area contributed by atoms with Crippen molar-refractivity contribution < 1.29 is 28.6 Å². The summed E-state index contributed by atoms with van der Waals surface area (Å²) < 4.78 is 9.58. The fraction of sp³-hybridized carbons (Fsp3) is 0.533. The van der Waals surface area contributed by atoms with E-state index in [0.29, 0.717) is 18.5 Å². The van der Waals surface area contributed by atoms with Crippen molar-refractivity contribution in [1.82, 2.24) is 10.2 Å². The third-order valence-corrected chi connectivity index (χ3v) is 3.90. The van der Waals surface area contributed by atoms with Gasteiger partial charge in [-0.3, -0.25) is 19.3 Å². The molecule has 1 amide bonds. The maximum Gasteiger partial charge on any atom is 0.307 e. The first-order valence-corrected chi connectivity index (χ1v) is 7.20. The Morgan fingerprint density at radius 2 is 2.13 bits per heavy atom. The molecule has 0 bridgehead atoms. The van der Waals surface area contributed by atoms with Gasteiger partial charge in [-0.2, -0.15) is 0 Å². The molecule has 0 radical (unpaired) electrons. The topological polar surface area (TPSA) is 109 Å². The van der Waals surface area contributed by atoms with Gasteiger partial charge in [0.25, 0.3) is 12.4 Å². The zero-order chi connectivity index (χ0) is 17.2. The lowest BCUT2D eigenvalue weighted by Gasteiger charge is -2.25. The van der Waals surface area contributed by atoms with Gasteiger partial charge in [0.2, 0.25) is 0 Å². The molecule has 1 aromatic heterocycles. The third-order valence-electron chi connectivity index (χ3n) is 3.90. The lowest BCUT2D eigenvalue weighted by atomic mass is 10.1. The number of likely N-dealkylation sites (tertiary alicyclic amines) is 1. The van der Waals surface area contributed by atoms with E-state index in [0.717, 1.165) is 12.8 Å². The second-order valence-corrected chi connectivity index (χ2v) is 5.16. The molecule has 1 fully saturated rings. The van der Waals surface area contributed by atoms with Crippen LogP contribution in [0.15, 0.2) is 23.0 Å². The lowest BCUT2D eigenvalue weighted by Crippen LogP contribution is -2.41. The van der Waals surface area contributed by atoms with E-state index < -0.39 is 0 Å². The summed E-state index contributed by atoms with van der Waals surface area (Å²) in [6.45, 7) is 0.318. The highest BCUT2D eigenvalue weighted by atomic mass is 16.5. The van der Waals surface area contributed by atoms with E-state index in [-0.39, 0.29) is 30.4 Å². The van der Waals surface area contributed by atoms with Gasteiger partial charge in [0, 0.05) is 18.6 Å². The number of carbonyl (C=O) groups excluding carboxylic acids is 2.